The maximum atomic E-state index is 8.00. The Bertz CT molecular complexity index is 39.1. The van der Waals surface area contributed by atoms with Crippen molar-refractivity contribution in [2.24, 2.45) is 0 Å². The van der Waals surface area contributed by atoms with Gasteiger partial charge in [0.25, 0.3) is 0 Å². The van der Waals surface area contributed by atoms with Crippen LogP contribution < -0.4 is 0 Å². The average molecular weight is 1520 g/mol. The Labute approximate surface area is 385 Å². The van der Waals surface area contributed by atoms with E-state index in [1.807, 2.05) is 0 Å². The zero-order chi connectivity index (χ0) is 2.00. The van der Waals surface area contributed by atoms with Crippen molar-refractivity contribution in [2.75, 3.05) is 0 Å². The van der Waals surface area contributed by atoms with Crippen molar-refractivity contribution in [1.82, 2.24) is 0 Å². The first-order chi connectivity index (χ1) is 1.00. The first kappa shape index (κ1) is 366. The fourth-order valence-corrected chi connectivity index (χ4v) is 0. The quantitative estimate of drug-likeness (QED) is 0.221. The molecule has 25 heavy (non-hydrogen) atoms. The minimum Gasteiger partial charge on any atom is -2.00 e. The van der Waals surface area contributed by atoms with Crippen LogP contribution in [-0.2, 0) is 143 Å². The van der Waals surface area contributed by atoms with Gasteiger partial charge in [0.2, 0.25) is 0 Å². The van der Waals surface area contributed by atoms with Gasteiger partial charge in [-0.25, -0.2) is 0 Å². The molecule has 15 nitrogen and oxygen atoms in total. The molecule has 3 radical (unpaired) electrons. The van der Waals surface area contributed by atoms with Crippen molar-refractivity contribution in [3.05, 3.63) is 0 Å². The minimum atomic E-state index is 0. The number of hydrogen-bond donors (Lipinski definition) is 0. The third kappa shape index (κ3) is 386. The maximum absolute atomic E-state index is 8.00. The molecule has 0 unspecified atom stereocenters. The van der Waals surface area contributed by atoms with Crippen molar-refractivity contribution in [2.45, 2.75) is 0 Å². The Morgan fingerprint density at radius 1 is 0.200 bits per heavy atom. The molecule has 0 aliphatic rings. The summed E-state index contributed by atoms with van der Waals surface area (Å²) in [5.74, 6) is 0. The molecule has 0 aliphatic carbocycles. The fraction of sp³-hybridized carbons (Fsp3) is 0. The molecule has 0 saturated carbocycles. The Balaban J connectivity index is -0.0000000000198. The van der Waals surface area contributed by atoms with Crippen molar-refractivity contribution >= 4 is 244 Å². The van der Waals surface area contributed by atoms with E-state index >= 15 is 0 Å². The Kier molecular flexibility index (Phi) is 6030. The van der Waals surface area contributed by atoms with E-state index in [9.17, 15) is 0 Å². The second kappa shape index (κ2) is 412. The summed E-state index contributed by atoms with van der Waals surface area (Å²) in [7, 11) is 0. The van der Waals surface area contributed by atoms with Crippen LogP contribution in [0.5, 0.6) is 0 Å². The van der Waals surface area contributed by atoms with Gasteiger partial charge < -0.3 is 82.1 Å². The summed E-state index contributed by atoms with van der Waals surface area (Å²) in [6.45, 7) is 0. The molecule has 0 aromatic carbocycles. The first-order valence-electron chi connectivity index (χ1n) is 0.143. The smallest absolute Gasteiger partial charge is 2.00 e. The zero-order valence-electron chi connectivity index (χ0n) is 11.5. The predicted octanol–water partition coefficient (Wildman–Crippen LogP) is -2.85. The van der Waals surface area contributed by atoms with Crippen LogP contribution in [0.15, 0.2) is 0 Å². The molecule has 0 aromatic rings. The molecule has 155 valence electrons. The monoisotopic (exact) mass is 1530 g/mol. The molecule has 0 saturated heterocycles. The van der Waals surface area contributed by atoms with E-state index in [4.69, 9.17) is 9.15 Å². The normalized spacial score (nSPS) is 0.240. The fourth-order valence-electron chi connectivity index (χ4n) is 0. The number of halogens is 2. The van der Waals surface area contributed by atoms with Crippen molar-refractivity contribution in [3.8, 4) is 0 Å². The molecule has 0 rings (SSSR count). The van der Waals surface area contributed by atoms with Crippen molar-refractivity contribution < 1.29 is 153 Å². The van der Waals surface area contributed by atoms with E-state index in [-0.39, 0.29) is 388 Å². The summed E-state index contributed by atoms with van der Waals surface area (Å²) in [6.07, 6.45) is 0. The maximum Gasteiger partial charge on any atom is 2.00 e. The van der Waals surface area contributed by atoms with Gasteiger partial charge in [0, 0.05) is 70.4 Å². The Hall–Kier alpha value is 9.10. The van der Waals surface area contributed by atoms with Crippen LogP contribution in [0.2, 0.25) is 0 Å². The van der Waals surface area contributed by atoms with Gasteiger partial charge >= 0.3 is 244 Å². The Morgan fingerprint density at radius 3 is 0.200 bits per heavy atom. The van der Waals surface area contributed by atoms with Gasteiger partial charge in [-0.3, -0.25) is 0 Å². The first-order valence-corrected chi connectivity index (χ1v) is 0.143. The van der Waals surface area contributed by atoms with Gasteiger partial charge in [0.15, 0.2) is 0 Å². The molecule has 0 spiro atoms. The van der Waals surface area contributed by atoms with Crippen LogP contribution in [0.4, 0.5) is 9.15 Å². The summed E-state index contributed by atoms with van der Waals surface area (Å²) < 4.78 is 16.0. The SMILES string of the molecule is FF.[Ba+2].[Ba+2].[Ba+2].[Ba+2].[Ba+2].[O-2].[O-2].[O-2].[O-2].[O-2].[O-2].[O-2].[O-2].[O-2].[O-2].[O-2].[O-2].[O-2].[O-2].[O-2].[Re].[Re].[Re]. The van der Waals surface area contributed by atoms with Crippen LogP contribution in [0.25, 0.3) is 0 Å². The molecule has 0 aliphatic heterocycles. The van der Waals surface area contributed by atoms with E-state index in [0.29, 0.717) is 0 Å². The topological polar surface area (TPSA) is 428 Å². The van der Waals surface area contributed by atoms with Crippen LogP contribution in [0.3, 0.4) is 0 Å². The summed E-state index contributed by atoms with van der Waals surface area (Å²) in [6, 6.07) is 0. The third-order valence-corrected chi connectivity index (χ3v) is 0. The van der Waals surface area contributed by atoms with E-state index < -0.39 is 0 Å². The van der Waals surface area contributed by atoms with Gasteiger partial charge in [-0.1, -0.05) is 0 Å². The van der Waals surface area contributed by atoms with Crippen LogP contribution in [0.1, 0.15) is 0 Å². The third-order valence-electron chi connectivity index (χ3n) is 0. The van der Waals surface area contributed by atoms with E-state index in [0.717, 1.165) is 0 Å². The second-order valence-electron chi connectivity index (χ2n) is 0. The predicted molar refractivity (Wildman–Crippen MR) is 41.3 cm³/mol. The molecule has 0 N–H and O–H groups in total. The standard InChI is InChI=1S/5Ba.F2.15O.3Re/c;;;;;1-2;;;;;;;;;;;;;;;;;;/q5*+2;;15*-2;;;. The van der Waals surface area contributed by atoms with Crippen LogP contribution in [-0.4, -0.2) is 244 Å². The van der Waals surface area contributed by atoms with Gasteiger partial charge in [-0.15, -0.1) is 0 Å². The van der Waals surface area contributed by atoms with E-state index in [2.05, 4.69) is 0 Å². The minimum absolute atomic E-state index is 0. The second-order valence-corrected chi connectivity index (χ2v) is 0. The zero-order valence-corrected chi connectivity index (χ0v) is 41.9. The summed E-state index contributed by atoms with van der Waals surface area (Å²) in [4.78, 5) is 0. The van der Waals surface area contributed by atoms with E-state index in [1.165, 1.54) is 0 Å². The van der Waals surface area contributed by atoms with Gasteiger partial charge in [0.05, 0.1) is 0 Å². The number of hydrogen-bond acceptors (Lipinski definition) is 0. The largest absolute Gasteiger partial charge is 2.00 e. The van der Waals surface area contributed by atoms with Crippen molar-refractivity contribution in [1.29, 1.82) is 0 Å². The summed E-state index contributed by atoms with van der Waals surface area (Å²) in [5, 5.41) is 0. The molecule has 0 fully saturated rings. The summed E-state index contributed by atoms with van der Waals surface area (Å²) >= 11 is 0. The van der Waals surface area contributed by atoms with Gasteiger partial charge in [0.1, 0.15) is 0 Å². The molecule has 0 heterocycles. The molecule has 0 atom stereocenters. The molecular formula is Ba5F2O15Re3-20. The van der Waals surface area contributed by atoms with Gasteiger partial charge in [-0.2, -0.15) is 0 Å². The Morgan fingerprint density at radius 2 is 0.200 bits per heavy atom. The van der Waals surface area contributed by atoms with Crippen LogP contribution >= 0.6 is 0 Å². The average Bonchev–Trinajstić information content (AvgIpc) is 1.00. The van der Waals surface area contributed by atoms with Crippen molar-refractivity contribution in [3.63, 3.8) is 0 Å². The van der Waals surface area contributed by atoms with Crippen LogP contribution in [0, 0.1) is 0 Å². The number of rotatable bonds is 0. The molecule has 25 heteroatoms. The molecular weight excluding hydrogens is 1520 g/mol. The summed E-state index contributed by atoms with van der Waals surface area (Å²) in [5.41, 5.74) is 0. The van der Waals surface area contributed by atoms with E-state index in [1.54, 1.807) is 0 Å². The molecule has 0 aromatic heterocycles. The van der Waals surface area contributed by atoms with Gasteiger partial charge in [-0.05, 0) is 0 Å². The molecule has 0 amide bonds. The molecule has 0 bridgehead atoms.